The monoisotopic (exact) mass is 246 g/mol. The van der Waals surface area contributed by atoms with E-state index in [4.69, 9.17) is 0 Å². The van der Waals surface area contributed by atoms with Crippen molar-refractivity contribution in [3.8, 4) is 0 Å². The Morgan fingerprint density at radius 2 is 1.59 bits per heavy atom. The van der Waals surface area contributed by atoms with E-state index in [2.05, 4.69) is 10.2 Å². The van der Waals surface area contributed by atoms with Gasteiger partial charge in [-0.1, -0.05) is 34.6 Å². The van der Waals surface area contributed by atoms with E-state index in [9.17, 15) is 13.2 Å². The van der Waals surface area contributed by atoms with E-state index in [1.54, 1.807) is 34.6 Å². The molecule has 0 fully saturated rings. The van der Waals surface area contributed by atoms with Crippen molar-refractivity contribution in [1.82, 2.24) is 10.2 Å². The smallest absolute Gasteiger partial charge is 0.166 e. The normalized spacial score (nSPS) is 13.2. The standard InChI is InChI=1S/C12H17F3N2/c1-7(2)9-6-8(12(13,14)15)10(17-16-9)11(3,4)5/h6-7H,1-5H3. The van der Waals surface area contributed by atoms with Gasteiger partial charge in [-0.25, -0.2) is 0 Å². The molecule has 0 aliphatic rings. The van der Waals surface area contributed by atoms with E-state index in [-0.39, 0.29) is 11.6 Å². The molecule has 0 unspecified atom stereocenters. The quantitative estimate of drug-likeness (QED) is 0.750. The summed E-state index contributed by atoms with van der Waals surface area (Å²) in [6, 6.07) is 1.11. The molecular formula is C12H17F3N2. The van der Waals surface area contributed by atoms with Crippen LogP contribution in [0.25, 0.3) is 0 Å². The minimum Gasteiger partial charge on any atom is -0.166 e. The van der Waals surface area contributed by atoms with E-state index < -0.39 is 17.2 Å². The van der Waals surface area contributed by atoms with E-state index in [1.807, 2.05) is 0 Å². The lowest BCUT2D eigenvalue weighted by Crippen LogP contribution is -2.23. The summed E-state index contributed by atoms with van der Waals surface area (Å²) in [6.45, 7) is 8.67. The third kappa shape index (κ3) is 3.17. The Hall–Kier alpha value is -1.13. The van der Waals surface area contributed by atoms with Crippen molar-refractivity contribution in [1.29, 1.82) is 0 Å². The minimum atomic E-state index is -4.39. The first-order chi connectivity index (χ1) is 7.53. The van der Waals surface area contributed by atoms with Gasteiger partial charge in [-0.05, 0) is 12.0 Å². The number of alkyl halides is 3. The summed E-state index contributed by atoms with van der Waals surface area (Å²) in [5, 5.41) is 7.64. The topological polar surface area (TPSA) is 25.8 Å². The molecular weight excluding hydrogens is 229 g/mol. The summed E-state index contributed by atoms with van der Waals surface area (Å²) < 4.78 is 38.9. The van der Waals surface area contributed by atoms with E-state index in [0.29, 0.717) is 5.69 Å². The van der Waals surface area contributed by atoms with Crippen LogP contribution in [0.15, 0.2) is 6.07 Å². The fourth-order valence-electron chi connectivity index (χ4n) is 1.46. The fraction of sp³-hybridized carbons (Fsp3) is 0.667. The molecule has 17 heavy (non-hydrogen) atoms. The number of aromatic nitrogens is 2. The second-order valence-corrected chi connectivity index (χ2v) is 5.43. The van der Waals surface area contributed by atoms with Crippen LogP contribution in [0.5, 0.6) is 0 Å². The SMILES string of the molecule is CC(C)c1cc(C(F)(F)F)c(C(C)(C)C)nn1. The van der Waals surface area contributed by atoms with Gasteiger partial charge in [-0.3, -0.25) is 0 Å². The molecule has 5 heteroatoms. The van der Waals surface area contributed by atoms with Gasteiger partial charge in [-0.2, -0.15) is 23.4 Å². The van der Waals surface area contributed by atoms with Crippen molar-refractivity contribution < 1.29 is 13.2 Å². The van der Waals surface area contributed by atoms with Crippen LogP contribution in [0.1, 0.15) is 57.5 Å². The molecule has 96 valence electrons. The number of hydrogen-bond acceptors (Lipinski definition) is 2. The molecule has 0 radical (unpaired) electrons. The van der Waals surface area contributed by atoms with Crippen LogP contribution >= 0.6 is 0 Å². The third-order valence-corrected chi connectivity index (χ3v) is 2.42. The molecule has 0 atom stereocenters. The van der Waals surface area contributed by atoms with Crippen molar-refractivity contribution in [2.75, 3.05) is 0 Å². The number of halogens is 3. The summed E-state index contributed by atoms with van der Waals surface area (Å²) in [7, 11) is 0. The highest BCUT2D eigenvalue weighted by molar-refractivity contribution is 5.30. The summed E-state index contributed by atoms with van der Waals surface area (Å²) in [6.07, 6.45) is -4.39. The van der Waals surface area contributed by atoms with Crippen LogP contribution < -0.4 is 0 Å². The third-order valence-electron chi connectivity index (χ3n) is 2.42. The van der Waals surface area contributed by atoms with Gasteiger partial charge < -0.3 is 0 Å². The summed E-state index contributed by atoms with van der Waals surface area (Å²) >= 11 is 0. The second kappa shape index (κ2) is 4.27. The van der Waals surface area contributed by atoms with Crippen molar-refractivity contribution in [3.05, 3.63) is 23.0 Å². The Kier molecular flexibility index (Phi) is 3.50. The summed E-state index contributed by atoms with van der Waals surface area (Å²) in [5.41, 5.74) is -0.990. The Bertz CT molecular complexity index is 403. The molecule has 1 aromatic rings. The molecule has 0 saturated heterocycles. The van der Waals surface area contributed by atoms with Crippen molar-refractivity contribution in [2.24, 2.45) is 0 Å². The lowest BCUT2D eigenvalue weighted by Gasteiger charge is -2.22. The van der Waals surface area contributed by atoms with Crippen LogP contribution in [0.2, 0.25) is 0 Å². The van der Waals surface area contributed by atoms with Gasteiger partial charge in [0.2, 0.25) is 0 Å². The molecule has 0 spiro atoms. The van der Waals surface area contributed by atoms with Gasteiger partial charge in [0, 0.05) is 5.41 Å². The van der Waals surface area contributed by atoms with E-state index in [1.165, 1.54) is 0 Å². The summed E-state index contributed by atoms with van der Waals surface area (Å²) in [4.78, 5) is 0. The predicted molar refractivity (Wildman–Crippen MR) is 59.8 cm³/mol. The average molecular weight is 246 g/mol. The molecule has 1 aromatic heterocycles. The molecule has 0 saturated carbocycles. The maximum Gasteiger partial charge on any atom is 0.418 e. The molecule has 0 bridgehead atoms. The van der Waals surface area contributed by atoms with Crippen LogP contribution in [0.4, 0.5) is 13.2 Å². The zero-order valence-corrected chi connectivity index (χ0v) is 10.7. The number of rotatable bonds is 1. The zero-order chi connectivity index (χ0) is 13.4. The lowest BCUT2D eigenvalue weighted by molar-refractivity contribution is -0.139. The first-order valence-corrected chi connectivity index (χ1v) is 5.48. The van der Waals surface area contributed by atoms with Gasteiger partial charge in [0.25, 0.3) is 0 Å². The lowest BCUT2D eigenvalue weighted by atomic mass is 9.88. The molecule has 0 aromatic carbocycles. The first-order valence-electron chi connectivity index (χ1n) is 5.48. The van der Waals surface area contributed by atoms with Gasteiger partial charge in [0.05, 0.1) is 17.0 Å². The first kappa shape index (κ1) is 13.9. The van der Waals surface area contributed by atoms with E-state index >= 15 is 0 Å². The average Bonchev–Trinajstić information content (AvgIpc) is 2.14. The van der Waals surface area contributed by atoms with Gasteiger partial charge in [0.15, 0.2) is 0 Å². The van der Waals surface area contributed by atoms with Gasteiger partial charge in [-0.15, -0.1) is 0 Å². The predicted octanol–water partition coefficient (Wildman–Crippen LogP) is 3.92. The minimum absolute atomic E-state index is 0.00519. The highest BCUT2D eigenvalue weighted by atomic mass is 19.4. The van der Waals surface area contributed by atoms with Crippen LogP contribution in [0, 0.1) is 0 Å². The Balaban J connectivity index is 3.43. The van der Waals surface area contributed by atoms with Gasteiger partial charge in [0.1, 0.15) is 0 Å². The zero-order valence-electron chi connectivity index (χ0n) is 10.7. The molecule has 2 nitrogen and oxygen atoms in total. The second-order valence-electron chi connectivity index (χ2n) is 5.43. The molecule has 0 aliphatic heterocycles. The van der Waals surface area contributed by atoms with Crippen LogP contribution in [-0.2, 0) is 11.6 Å². The molecule has 0 amide bonds. The molecule has 1 heterocycles. The maximum absolute atomic E-state index is 13.0. The van der Waals surface area contributed by atoms with Gasteiger partial charge >= 0.3 is 6.18 Å². The maximum atomic E-state index is 13.0. The highest BCUT2D eigenvalue weighted by Gasteiger charge is 2.38. The fourth-order valence-corrected chi connectivity index (χ4v) is 1.46. The van der Waals surface area contributed by atoms with Crippen molar-refractivity contribution in [3.63, 3.8) is 0 Å². The Morgan fingerprint density at radius 1 is 1.06 bits per heavy atom. The number of hydrogen-bond donors (Lipinski definition) is 0. The molecule has 0 aliphatic carbocycles. The largest absolute Gasteiger partial charge is 0.418 e. The molecule has 0 N–H and O–H groups in total. The van der Waals surface area contributed by atoms with Crippen LogP contribution in [0.3, 0.4) is 0 Å². The van der Waals surface area contributed by atoms with E-state index in [0.717, 1.165) is 6.07 Å². The highest BCUT2D eigenvalue weighted by Crippen LogP contribution is 2.36. The molecule has 1 rings (SSSR count). The van der Waals surface area contributed by atoms with Crippen LogP contribution in [-0.4, -0.2) is 10.2 Å². The van der Waals surface area contributed by atoms with Crippen molar-refractivity contribution >= 4 is 0 Å². The Labute approximate surface area is 99.3 Å². The number of nitrogens with zero attached hydrogens (tertiary/aromatic N) is 2. The van der Waals surface area contributed by atoms with Crippen molar-refractivity contribution in [2.45, 2.75) is 52.1 Å². The summed E-state index contributed by atoms with van der Waals surface area (Å²) in [5.74, 6) is -0.0716. The Morgan fingerprint density at radius 3 is 1.94 bits per heavy atom.